The van der Waals surface area contributed by atoms with Crippen LogP contribution in [0, 0.1) is 0 Å². The Morgan fingerprint density at radius 3 is 2.88 bits per heavy atom. The first kappa shape index (κ1) is 15.5. The van der Waals surface area contributed by atoms with Crippen molar-refractivity contribution in [3.8, 4) is 28.0 Å². The number of rotatable bonds is 6. The van der Waals surface area contributed by atoms with Crippen molar-refractivity contribution in [1.29, 1.82) is 0 Å². The molecule has 4 heteroatoms. The highest BCUT2D eigenvalue weighted by Gasteiger charge is 2.12. The van der Waals surface area contributed by atoms with Crippen LogP contribution in [0.25, 0.3) is 33.3 Å². The fourth-order valence-electron chi connectivity index (χ4n) is 2.96. The van der Waals surface area contributed by atoms with Gasteiger partial charge in [-0.25, -0.2) is 4.98 Å². The Hall–Kier alpha value is -3.01. The van der Waals surface area contributed by atoms with Crippen LogP contribution >= 0.6 is 0 Å². The molecule has 0 amide bonds. The van der Waals surface area contributed by atoms with Crippen molar-refractivity contribution in [2.45, 2.75) is 19.8 Å². The lowest BCUT2D eigenvalue weighted by atomic mass is 10.0. The number of benzene rings is 1. The zero-order valence-electron chi connectivity index (χ0n) is 14.2. The number of pyridine rings is 1. The highest BCUT2D eigenvalue weighted by Crippen LogP contribution is 2.34. The monoisotopic (exact) mass is 332 g/mol. The molecule has 0 fully saturated rings. The van der Waals surface area contributed by atoms with E-state index in [9.17, 15) is 0 Å². The van der Waals surface area contributed by atoms with Crippen molar-refractivity contribution in [2.75, 3.05) is 6.61 Å². The zero-order chi connectivity index (χ0) is 17.1. The van der Waals surface area contributed by atoms with Gasteiger partial charge >= 0.3 is 0 Å². The summed E-state index contributed by atoms with van der Waals surface area (Å²) in [5.41, 5.74) is 5.10. The lowest BCUT2D eigenvalue weighted by Gasteiger charge is -2.11. The summed E-state index contributed by atoms with van der Waals surface area (Å²) in [5.74, 6) is 0.900. The Kier molecular flexibility index (Phi) is 4.25. The Balaban J connectivity index is 1.76. The maximum Gasteiger partial charge on any atom is 0.137 e. The number of hydrogen-bond donors (Lipinski definition) is 1. The quantitative estimate of drug-likeness (QED) is 0.463. The minimum absolute atomic E-state index is 0.730. The first-order valence-electron chi connectivity index (χ1n) is 8.58. The normalized spacial score (nSPS) is 11.1. The standard InChI is InChI=1S/C21H20N2O2/c1-2-3-9-25-20-7-5-4-6-17(20)16-11-18-19(15-8-10-24-14-15)13-23-21(18)22-12-16/h4-8,10-14H,2-3,9H2,1H3,(H,22,23). The zero-order valence-corrected chi connectivity index (χ0v) is 14.2. The van der Waals surface area contributed by atoms with E-state index >= 15 is 0 Å². The average molecular weight is 332 g/mol. The van der Waals surface area contributed by atoms with E-state index in [1.54, 1.807) is 12.5 Å². The van der Waals surface area contributed by atoms with Crippen LogP contribution in [0.4, 0.5) is 0 Å². The van der Waals surface area contributed by atoms with Crippen LogP contribution in [0.2, 0.25) is 0 Å². The lowest BCUT2D eigenvalue weighted by molar-refractivity contribution is 0.310. The predicted molar refractivity (Wildman–Crippen MR) is 99.6 cm³/mol. The molecule has 4 rings (SSSR count). The highest BCUT2D eigenvalue weighted by atomic mass is 16.5. The minimum Gasteiger partial charge on any atom is -0.493 e. The van der Waals surface area contributed by atoms with Crippen LogP contribution in [-0.4, -0.2) is 16.6 Å². The Bertz CT molecular complexity index is 971. The SMILES string of the molecule is CCCCOc1ccccc1-c1cnc2[nH]cc(-c3ccoc3)c2c1. The molecule has 1 aromatic carbocycles. The van der Waals surface area contributed by atoms with Gasteiger partial charge in [0.1, 0.15) is 11.4 Å². The third-order valence-electron chi connectivity index (χ3n) is 4.32. The molecule has 0 atom stereocenters. The van der Waals surface area contributed by atoms with Gasteiger partial charge in [0, 0.05) is 40.0 Å². The molecule has 4 aromatic rings. The fraction of sp³-hybridized carbons (Fsp3) is 0.190. The molecule has 3 aromatic heterocycles. The topological polar surface area (TPSA) is 51.0 Å². The number of para-hydroxylation sites is 1. The second-order valence-electron chi connectivity index (χ2n) is 6.03. The van der Waals surface area contributed by atoms with Gasteiger partial charge in [-0.05, 0) is 24.6 Å². The minimum atomic E-state index is 0.730. The first-order chi connectivity index (χ1) is 12.4. The number of furan rings is 1. The number of aromatic nitrogens is 2. The summed E-state index contributed by atoms with van der Waals surface area (Å²) >= 11 is 0. The molecule has 0 unspecified atom stereocenters. The maximum atomic E-state index is 5.98. The molecule has 0 aliphatic carbocycles. The molecule has 3 heterocycles. The number of nitrogens with one attached hydrogen (secondary N) is 1. The number of unbranched alkanes of at least 4 members (excludes halogenated alkanes) is 1. The van der Waals surface area contributed by atoms with Gasteiger partial charge < -0.3 is 14.1 Å². The van der Waals surface area contributed by atoms with Crippen molar-refractivity contribution >= 4 is 11.0 Å². The van der Waals surface area contributed by atoms with Crippen LogP contribution in [0.15, 0.2) is 65.7 Å². The van der Waals surface area contributed by atoms with Gasteiger partial charge in [0.2, 0.25) is 0 Å². The van der Waals surface area contributed by atoms with Gasteiger partial charge in [-0.3, -0.25) is 0 Å². The van der Waals surface area contributed by atoms with E-state index in [2.05, 4.69) is 29.0 Å². The Morgan fingerprint density at radius 1 is 1.12 bits per heavy atom. The van der Waals surface area contributed by atoms with Crippen molar-refractivity contribution < 1.29 is 9.15 Å². The van der Waals surface area contributed by atoms with Crippen LogP contribution in [-0.2, 0) is 0 Å². The summed E-state index contributed by atoms with van der Waals surface area (Å²) in [6.45, 7) is 2.89. The lowest BCUT2D eigenvalue weighted by Crippen LogP contribution is -1.98. The molecule has 0 aliphatic rings. The number of hydrogen-bond acceptors (Lipinski definition) is 3. The Labute approximate surface area is 146 Å². The van der Waals surface area contributed by atoms with Crippen LogP contribution in [0.1, 0.15) is 19.8 Å². The number of H-pyrrole nitrogens is 1. The molecule has 0 spiro atoms. The molecule has 126 valence electrons. The first-order valence-corrected chi connectivity index (χ1v) is 8.58. The van der Waals surface area contributed by atoms with E-state index in [0.29, 0.717) is 0 Å². The second kappa shape index (κ2) is 6.85. The summed E-state index contributed by atoms with van der Waals surface area (Å²) in [7, 11) is 0. The molecule has 0 radical (unpaired) electrons. The molecule has 4 nitrogen and oxygen atoms in total. The molecule has 1 N–H and O–H groups in total. The van der Waals surface area contributed by atoms with E-state index in [-0.39, 0.29) is 0 Å². The maximum absolute atomic E-state index is 5.98. The van der Waals surface area contributed by atoms with Crippen LogP contribution in [0.3, 0.4) is 0 Å². The molecule has 25 heavy (non-hydrogen) atoms. The molecular weight excluding hydrogens is 312 g/mol. The number of aromatic amines is 1. The summed E-state index contributed by atoms with van der Waals surface area (Å²) in [6, 6.07) is 12.2. The molecule has 0 aliphatic heterocycles. The van der Waals surface area contributed by atoms with Gasteiger partial charge in [-0.2, -0.15) is 0 Å². The van der Waals surface area contributed by atoms with Crippen molar-refractivity contribution in [2.24, 2.45) is 0 Å². The average Bonchev–Trinajstić information content (AvgIpc) is 3.31. The number of nitrogens with zero attached hydrogens (tertiary/aromatic N) is 1. The van der Waals surface area contributed by atoms with Gasteiger partial charge in [0.25, 0.3) is 0 Å². The van der Waals surface area contributed by atoms with E-state index in [4.69, 9.17) is 9.15 Å². The molecular formula is C21H20N2O2. The van der Waals surface area contributed by atoms with Crippen molar-refractivity contribution in [3.05, 3.63) is 61.3 Å². The van der Waals surface area contributed by atoms with Crippen LogP contribution in [0.5, 0.6) is 5.75 Å². The van der Waals surface area contributed by atoms with Gasteiger partial charge in [0.15, 0.2) is 0 Å². The predicted octanol–water partition coefficient (Wildman–Crippen LogP) is 5.67. The van der Waals surface area contributed by atoms with Gasteiger partial charge in [-0.1, -0.05) is 31.5 Å². The fourth-order valence-corrected chi connectivity index (χ4v) is 2.96. The summed E-state index contributed by atoms with van der Waals surface area (Å²) in [6.07, 6.45) is 9.45. The van der Waals surface area contributed by atoms with Gasteiger partial charge in [0.05, 0.1) is 19.1 Å². The molecule has 0 saturated carbocycles. The number of ether oxygens (including phenoxy) is 1. The highest BCUT2D eigenvalue weighted by molar-refractivity contribution is 5.95. The summed E-state index contributed by atoms with van der Waals surface area (Å²) in [4.78, 5) is 7.81. The van der Waals surface area contributed by atoms with E-state index in [0.717, 1.165) is 58.5 Å². The number of fused-ring (bicyclic) bond motifs is 1. The van der Waals surface area contributed by atoms with E-state index in [1.165, 1.54) is 0 Å². The third kappa shape index (κ3) is 3.03. The van der Waals surface area contributed by atoms with Gasteiger partial charge in [-0.15, -0.1) is 0 Å². The smallest absolute Gasteiger partial charge is 0.137 e. The largest absolute Gasteiger partial charge is 0.493 e. The van der Waals surface area contributed by atoms with Crippen molar-refractivity contribution in [1.82, 2.24) is 9.97 Å². The third-order valence-corrected chi connectivity index (χ3v) is 4.32. The molecule has 0 saturated heterocycles. The Morgan fingerprint density at radius 2 is 2.04 bits per heavy atom. The van der Waals surface area contributed by atoms with E-state index < -0.39 is 0 Å². The van der Waals surface area contributed by atoms with E-state index in [1.807, 2.05) is 36.7 Å². The van der Waals surface area contributed by atoms with Crippen molar-refractivity contribution in [3.63, 3.8) is 0 Å². The molecule has 0 bridgehead atoms. The summed E-state index contributed by atoms with van der Waals surface area (Å²) < 4.78 is 11.2. The second-order valence-corrected chi connectivity index (χ2v) is 6.03. The summed E-state index contributed by atoms with van der Waals surface area (Å²) in [5, 5.41) is 1.07. The van der Waals surface area contributed by atoms with Crippen LogP contribution < -0.4 is 4.74 Å².